The van der Waals surface area contributed by atoms with Crippen molar-refractivity contribution in [1.82, 2.24) is 0 Å². The zero-order valence-electron chi connectivity index (χ0n) is 6.11. The lowest BCUT2D eigenvalue weighted by Crippen LogP contribution is -2.06. The van der Waals surface area contributed by atoms with Crippen LogP contribution >= 0.6 is 11.6 Å². The van der Waals surface area contributed by atoms with Gasteiger partial charge in [-0.25, -0.2) is 4.39 Å². The fraction of sp³-hybridized carbons (Fsp3) is 0.714. The normalized spacial score (nSPS) is 15.3. The van der Waals surface area contributed by atoms with Crippen LogP contribution in [-0.4, -0.2) is 12.1 Å². The van der Waals surface area contributed by atoms with Gasteiger partial charge in [0.05, 0.1) is 0 Å². The zero-order chi connectivity index (χ0) is 7.98. The minimum Gasteiger partial charge on any atom is -0.402 e. The fourth-order valence-corrected chi connectivity index (χ4v) is 0.781. The van der Waals surface area contributed by atoms with Gasteiger partial charge in [0.2, 0.25) is 0 Å². The maximum Gasteiger partial charge on any atom is 0.105 e. The van der Waals surface area contributed by atoms with Gasteiger partial charge < -0.3 is 5.73 Å². The molecule has 0 aliphatic carbocycles. The first kappa shape index (κ1) is 9.76. The molecule has 10 heavy (non-hydrogen) atoms. The molecule has 0 spiro atoms. The van der Waals surface area contributed by atoms with E-state index in [1.807, 2.05) is 0 Å². The van der Waals surface area contributed by atoms with Crippen molar-refractivity contribution < 1.29 is 4.39 Å². The van der Waals surface area contributed by atoms with Gasteiger partial charge in [0.15, 0.2) is 0 Å². The van der Waals surface area contributed by atoms with Gasteiger partial charge in [-0.15, -0.1) is 11.6 Å². The van der Waals surface area contributed by atoms with Crippen LogP contribution in [0.25, 0.3) is 0 Å². The Hall–Kier alpha value is -0.240. The molecule has 0 aliphatic rings. The second-order valence-electron chi connectivity index (χ2n) is 2.14. The van der Waals surface area contributed by atoms with Gasteiger partial charge in [0.1, 0.15) is 6.17 Å². The first-order chi connectivity index (χ1) is 4.70. The van der Waals surface area contributed by atoms with Gasteiger partial charge in [-0.05, 0) is 6.42 Å². The Kier molecular flexibility index (Phi) is 5.40. The fourth-order valence-electron chi connectivity index (χ4n) is 0.583. The van der Waals surface area contributed by atoms with E-state index in [-0.39, 0.29) is 0 Å². The first-order valence-corrected chi connectivity index (χ1v) is 3.88. The molecular weight excluding hydrogens is 153 g/mol. The standard InChI is InChI=1S/C7H13ClFN/c1-2-6(9)5-7(10)3-4-8/h3,6H,2,4-5,10H2,1H3/b7-3+/t6-/m0/s1. The number of allylic oxidation sites excluding steroid dienone is 2. The summed E-state index contributed by atoms with van der Waals surface area (Å²) in [6, 6.07) is 0. The summed E-state index contributed by atoms with van der Waals surface area (Å²) in [6.45, 7) is 1.79. The van der Waals surface area contributed by atoms with Crippen LogP contribution < -0.4 is 5.73 Å². The van der Waals surface area contributed by atoms with E-state index in [0.29, 0.717) is 24.4 Å². The summed E-state index contributed by atoms with van der Waals surface area (Å²) in [5.74, 6) is 0.363. The Labute approximate surface area is 66.0 Å². The third kappa shape index (κ3) is 4.62. The molecule has 0 aliphatic heterocycles. The number of alkyl halides is 2. The molecule has 0 fully saturated rings. The topological polar surface area (TPSA) is 26.0 Å². The number of halogens is 2. The molecule has 3 heteroatoms. The quantitative estimate of drug-likeness (QED) is 0.636. The molecule has 0 bridgehead atoms. The summed E-state index contributed by atoms with van der Waals surface area (Å²) in [5.41, 5.74) is 5.94. The summed E-state index contributed by atoms with van der Waals surface area (Å²) in [4.78, 5) is 0. The molecule has 0 aromatic rings. The summed E-state index contributed by atoms with van der Waals surface area (Å²) < 4.78 is 12.5. The second-order valence-corrected chi connectivity index (χ2v) is 2.45. The van der Waals surface area contributed by atoms with Crippen LogP contribution in [0, 0.1) is 0 Å². The first-order valence-electron chi connectivity index (χ1n) is 3.35. The summed E-state index contributed by atoms with van der Waals surface area (Å²) >= 11 is 5.34. The van der Waals surface area contributed by atoms with Crippen LogP contribution in [0.4, 0.5) is 4.39 Å². The molecule has 60 valence electrons. The molecule has 0 saturated carbocycles. The molecule has 1 nitrogen and oxygen atoms in total. The molecule has 0 saturated heterocycles. The molecule has 0 aromatic carbocycles. The lowest BCUT2D eigenvalue weighted by Gasteiger charge is -2.03. The van der Waals surface area contributed by atoms with E-state index < -0.39 is 6.17 Å². The predicted molar refractivity (Wildman–Crippen MR) is 42.8 cm³/mol. The van der Waals surface area contributed by atoms with Crippen molar-refractivity contribution >= 4 is 11.6 Å². The van der Waals surface area contributed by atoms with Gasteiger partial charge in [-0.3, -0.25) is 0 Å². The number of hydrogen-bond acceptors (Lipinski definition) is 1. The van der Waals surface area contributed by atoms with Crippen LogP contribution in [-0.2, 0) is 0 Å². The minimum atomic E-state index is -0.820. The molecule has 0 heterocycles. The van der Waals surface area contributed by atoms with Crippen LogP contribution in [0.5, 0.6) is 0 Å². The summed E-state index contributed by atoms with van der Waals surface area (Å²) in [7, 11) is 0. The Morgan fingerprint density at radius 2 is 2.40 bits per heavy atom. The largest absolute Gasteiger partial charge is 0.402 e. The smallest absolute Gasteiger partial charge is 0.105 e. The van der Waals surface area contributed by atoms with Crippen molar-refractivity contribution in [2.45, 2.75) is 25.9 Å². The van der Waals surface area contributed by atoms with Gasteiger partial charge in [0.25, 0.3) is 0 Å². The highest BCUT2D eigenvalue weighted by atomic mass is 35.5. The average molecular weight is 166 g/mol. The van der Waals surface area contributed by atoms with Crippen LogP contribution in [0.3, 0.4) is 0 Å². The maximum atomic E-state index is 12.5. The highest BCUT2D eigenvalue weighted by Crippen LogP contribution is 2.06. The average Bonchev–Trinajstić information content (AvgIpc) is 1.88. The molecule has 0 unspecified atom stereocenters. The Morgan fingerprint density at radius 3 is 2.80 bits per heavy atom. The Morgan fingerprint density at radius 1 is 1.80 bits per heavy atom. The van der Waals surface area contributed by atoms with Crippen molar-refractivity contribution in [2.24, 2.45) is 5.73 Å². The zero-order valence-corrected chi connectivity index (χ0v) is 6.87. The monoisotopic (exact) mass is 165 g/mol. The molecule has 0 rings (SSSR count). The van der Waals surface area contributed by atoms with Crippen LogP contribution in [0.2, 0.25) is 0 Å². The lowest BCUT2D eigenvalue weighted by molar-refractivity contribution is 0.321. The second kappa shape index (κ2) is 5.54. The predicted octanol–water partition coefficient (Wildman–Crippen LogP) is 2.21. The third-order valence-corrected chi connectivity index (χ3v) is 1.39. The number of nitrogens with two attached hydrogens (primary N) is 1. The van der Waals surface area contributed by atoms with E-state index in [1.165, 1.54) is 0 Å². The molecular formula is C7H13ClFN. The van der Waals surface area contributed by atoms with Crippen molar-refractivity contribution in [3.8, 4) is 0 Å². The highest BCUT2D eigenvalue weighted by Gasteiger charge is 2.02. The van der Waals surface area contributed by atoms with Gasteiger partial charge in [-0.1, -0.05) is 13.0 Å². The van der Waals surface area contributed by atoms with E-state index in [2.05, 4.69) is 0 Å². The lowest BCUT2D eigenvalue weighted by atomic mass is 10.2. The van der Waals surface area contributed by atoms with Crippen LogP contribution in [0.1, 0.15) is 19.8 Å². The summed E-state index contributed by atoms with van der Waals surface area (Å²) in [6.07, 6.45) is 1.63. The van der Waals surface area contributed by atoms with Gasteiger partial charge >= 0.3 is 0 Å². The maximum absolute atomic E-state index is 12.5. The van der Waals surface area contributed by atoms with Gasteiger partial charge in [0, 0.05) is 18.0 Å². The van der Waals surface area contributed by atoms with E-state index in [1.54, 1.807) is 13.0 Å². The highest BCUT2D eigenvalue weighted by molar-refractivity contribution is 6.18. The van der Waals surface area contributed by atoms with E-state index in [0.717, 1.165) is 0 Å². The van der Waals surface area contributed by atoms with E-state index >= 15 is 0 Å². The number of hydrogen-bond donors (Lipinski definition) is 1. The third-order valence-electron chi connectivity index (χ3n) is 1.24. The van der Waals surface area contributed by atoms with E-state index in [4.69, 9.17) is 17.3 Å². The molecule has 1 atom stereocenters. The van der Waals surface area contributed by atoms with E-state index in [9.17, 15) is 4.39 Å². The number of rotatable bonds is 4. The molecule has 2 N–H and O–H groups in total. The van der Waals surface area contributed by atoms with Crippen molar-refractivity contribution in [2.75, 3.05) is 5.88 Å². The Bertz CT molecular complexity index is 114. The van der Waals surface area contributed by atoms with Crippen molar-refractivity contribution in [1.29, 1.82) is 0 Å². The molecule has 0 aromatic heterocycles. The molecule has 0 radical (unpaired) electrons. The Balaban J connectivity index is 3.56. The minimum absolute atomic E-state index is 0.309. The SMILES string of the molecule is CC[C@H](F)C/C(N)=C\CCl. The van der Waals surface area contributed by atoms with Crippen LogP contribution in [0.15, 0.2) is 11.8 Å². The van der Waals surface area contributed by atoms with Crippen molar-refractivity contribution in [3.05, 3.63) is 11.8 Å². The summed E-state index contributed by atoms with van der Waals surface area (Å²) in [5, 5.41) is 0. The molecule has 0 amide bonds. The van der Waals surface area contributed by atoms with Crippen molar-refractivity contribution in [3.63, 3.8) is 0 Å². The van der Waals surface area contributed by atoms with Gasteiger partial charge in [-0.2, -0.15) is 0 Å².